The van der Waals surface area contributed by atoms with Crippen molar-refractivity contribution in [3.63, 3.8) is 0 Å². The van der Waals surface area contributed by atoms with Gasteiger partial charge < -0.3 is 16.4 Å². The summed E-state index contributed by atoms with van der Waals surface area (Å²) in [7, 11) is 0. The average molecular weight is 381 g/mol. The Morgan fingerprint density at radius 1 is 1.00 bits per heavy atom. The lowest BCUT2D eigenvalue weighted by Crippen LogP contribution is -2.39. The number of primary amides is 1. The molecule has 0 aromatic heterocycles. The largest absolute Gasteiger partial charge is 0.366 e. The van der Waals surface area contributed by atoms with E-state index in [0.717, 1.165) is 17.5 Å². The first-order chi connectivity index (χ1) is 13.2. The third-order valence-corrected chi connectivity index (χ3v) is 4.68. The van der Waals surface area contributed by atoms with Crippen LogP contribution in [0.3, 0.4) is 0 Å². The predicted molar refractivity (Wildman–Crippen MR) is 110 cm³/mol. The van der Waals surface area contributed by atoms with E-state index in [4.69, 9.17) is 5.73 Å². The zero-order valence-corrected chi connectivity index (χ0v) is 16.7. The van der Waals surface area contributed by atoms with E-state index in [1.807, 2.05) is 38.1 Å². The maximum atomic E-state index is 12.5. The first-order valence-corrected chi connectivity index (χ1v) is 9.34. The molecule has 0 bridgehead atoms. The first-order valence-electron chi connectivity index (χ1n) is 9.34. The summed E-state index contributed by atoms with van der Waals surface area (Å²) < 4.78 is 0. The van der Waals surface area contributed by atoms with Crippen LogP contribution in [-0.2, 0) is 16.0 Å². The van der Waals surface area contributed by atoms with E-state index in [0.29, 0.717) is 5.69 Å². The molecule has 0 aliphatic rings. The van der Waals surface area contributed by atoms with Crippen LogP contribution in [0.1, 0.15) is 53.9 Å². The summed E-state index contributed by atoms with van der Waals surface area (Å²) in [6, 6.07) is 12.4. The summed E-state index contributed by atoms with van der Waals surface area (Å²) in [6.45, 7) is 7.81. The smallest absolute Gasteiger partial charge is 0.313 e. The van der Waals surface area contributed by atoms with E-state index in [2.05, 4.69) is 17.6 Å². The second kappa shape index (κ2) is 9.17. The Balaban J connectivity index is 2.14. The molecule has 3 amide bonds. The topological polar surface area (TPSA) is 101 Å². The van der Waals surface area contributed by atoms with E-state index in [9.17, 15) is 14.4 Å². The van der Waals surface area contributed by atoms with Crippen molar-refractivity contribution in [3.8, 4) is 0 Å². The van der Waals surface area contributed by atoms with Crippen molar-refractivity contribution < 1.29 is 14.4 Å². The molecule has 0 aliphatic heterocycles. The van der Waals surface area contributed by atoms with Crippen molar-refractivity contribution in [2.45, 2.75) is 40.2 Å². The van der Waals surface area contributed by atoms with Crippen LogP contribution in [0, 0.1) is 12.8 Å². The highest BCUT2D eigenvalue weighted by atomic mass is 16.2. The summed E-state index contributed by atoms with van der Waals surface area (Å²) in [5, 5.41) is 5.36. The molecule has 1 atom stereocenters. The number of hydrogen-bond donors (Lipinski definition) is 3. The zero-order valence-electron chi connectivity index (χ0n) is 16.7. The molecule has 6 heteroatoms. The van der Waals surface area contributed by atoms with Crippen molar-refractivity contribution in [1.82, 2.24) is 5.32 Å². The van der Waals surface area contributed by atoms with Crippen molar-refractivity contribution in [3.05, 3.63) is 64.7 Å². The van der Waals surface area contributed by atoms with Gasteiger partial charge in [-0.3, -0.25) is 14.4 Å². The number of hydrogen-bond acceptors (Lipinski definition) is 3. The van der Waals surface area contributed by atoms with Crippen LogP contribution in [0.2, 0.25) is 0 Å². The fourth-order valence-electron chi connectivity index (χ4n) is 2.89. The van der Waals surface area contributed by atoms with E-state index < -0.39 is 17.7 Å². The highest BCUT2D eigenvalue weighted by Crippen LogP contribution is 2.22. The molecule has 148 valence electrons. The molecule has 0 heterocycles. The van der Waals surface area contributed by atoms with E-state index >= 15 is 0 Å². The molecule has 1 unspecified atom stereocenters. The molecule has 2 aromatic rings. The van der Waals surface area contributed by atoms with E-state index in [-0.39, 0.29) is 17.5 Å². The Labute approximate surface area is 165 Å². The van der Waals surface area contributed by atoms with Gasteiger partial charge in [-0.1, -0.05) is 51.1 Å². The standard InChI is InChI=1S/C22H27N3O3/c1-5-15-7-10-16(11-8-15)19(13(2)3)25-22(28)21(27)24-18-12-17(20(23)26)9-6-14(18)4/h6-13,19H,5H2,1-4H3,(H2,23,26)(H,24,27)(H,25,28). The molecule has 4 N–H and O–H groups in total. The van der Waals surface area contributed by atoms with Gasteiger partial charge in [0.05, 0.1) is 6.04 Å². The van der Waals surface area contributed by atoms with Gasteiger partial charge in [-0.05, 0) is 48.1 Å². The SMILES string of the molecule is CCc1ccc(C(NC(=O)C(=O)Nc2cc(C(N)=O)ccc2C)C(C)C)cc1. The maximum absolute atomic E-state index is 12.5. The third kappa shape index (κ3) is 5.19. The van der Waals surface area contributed by atoms with Crippen LogP contribution in [-0.4, -0.2) is 17.7 Å². The maximum Gasteiger partial charge on any atom is 0.313 e. The molecule has 0 radical (unpaired) electrons. The van der Waals surface area contributed by atoms with Gasteiger partial charge in [-0.2, -0.15) is 0 Å². The van der Waals surface area contributed by atoms with Gasteiger partial charge in [0.25, 0.3) is 0 Å². The number of nitrogens with one attached hydrogen (secondary N) is 2. The van der Waals surface area contributed by atoms with Crippen LogP contribution in [0.15, 0.2) is 42.5 Å². The Hall–Kier alpha value is -3.15. The molecular weight excluding hydrogens is 354 g/mol. The summed E-state index contributed by atoms with van der Waals surface area (Å²) in [5.74, 6) is -2.03. The highest BCUT2D eigenvalue weighted by molar-refractivity contribution is 6.39. The van der Waals surface area contributed by atoms with E-state index in [1.54, 1.807) is 19.1 Å². The number of carbonyl (C=O) groups is 3. The fraction of sp³-hybridized carbons (Fsp3) is 0.318. The number of nitrogens with two attached hydrogens (primary N) is 1. The zero-order chi connectivity index (χ0) is 20.8. The number of benzene rings is 2. The molecule has 0 fully saturated rings. The number of aryl methyl sites for hydroxylation is 2. The molecule has 6 nitrogen and oxygen atoms in total. The molecule has 0 spiro atoms. The van der Waals surface area contributed by atoms with Gasteiger partial charge >= 0.3 is 11.8 Å². The van der Waals surface area contributed by atoms with Gasteiger partial charge in [0.1, 0.15) is 0 Å². The van der Waals surface area contributed by atoms with Gasteiger partial charge in [0.2, 0.25) is 5.91 Å². The van der Waals surface area contributed by atoms with Gasteiger partial charge in [0, 0.05) is 11.3 Å². The molecular formula is C22H27N3O3. The van der Waals surface area contributed by atoms with Crippen molar-refractivity contribution in [2.24, 2.45) is 11.7 Å². The van der Waals surface area contributed by atoms with Crippen LogP contribution in [0.5, 0.6) is 0 Å². The minimum atomic E-state index is -0.791. The number of rotatable bonds is 6. The Morgan fingerprint density at radius 2 is 1.64 bits per heavy atom. The number of amides is 3. The van der Waals surface area contributed by atoms with Crippen molar-refractivity contribution in [2.75, 3.05) is 5.32 Å². The Bertz CT molecular complexity index is 873. The summed E-state index contributed by atoms with van der Waals surface area (Å²) in [5.41, 5.74) is 8.79. The lowest BCUT2D eigenvalue weighted by molar-refractivity contribution is -0.136. The predicted octanol–water partition coefficient (Wildman–Crippen LogP) is 3.11. The first kappa shape index (κ1) is 21.2. The minimum absolute atomic E-state index is 0.101. The van der Waals surface area contributed by atoms with E-state index in [1.165, 1.54) is 11.6 Å². The molecule has 2 rings (SSSR count). The quantitative estimate of drug-likeness (QED) is 0.670. The summed E-state index contributed by atoms with van der Waals surface area (Å²) in [6.07, 6.45) is 0.936. The lowest BCUT2D eigenvalue weighted by Gasteiger charge is -2.23. The highest BCUT2D eigenvalue weighted by Gasteiger charge is 2.23. The summed E-state index contributed by atoms with van der Waals surface area (Å²) in [4.78, 5) is 36.2. The molecule has 0 saturated heterocycles. The lowest BCUT2D eigenvalue weighted by atomic mass is 9.95. The Morgan fingerprint density at radius 3 is 2.18 bits per heavy atom. The summed E-state index contributed by atoms with van der Waals surface area (Å²) >= 11 is 0. The third-order valence-electron chi connectivity index (χ3n) is 4.68. The average Bonchev–Trinajstić information content (AvgIpc) is 2.67. The van der Waals surface area contributed by atoms with Crippen LogP contribution < -0.4 is 16.4 Å². The second-order valence-corrected chi connectivity index (χ2v) is 7.14. The Kier molecular flexibility index (Phi) is 6.93. The number of carbonyl (C=O) groups excluding carboxylic acids is 3. The number of anilines is 1. The normalized spacial score (nSPS) is 11.8. The second-order valence-electron chi connectivity index (χ2n) is 7.14. The van der Waals surface area contributed by atoms with Crippen LogP contribution in [0.4, 0.5) is 5.69 Å². The molecule has 2 aromatic carbocycles. The molecule has 0 saturated carbocycles. The molecule has 0 aliphatic carbocycles. The fourth-order valence-corrected chi connectivity index (χ4v) is 2.89. The van der Waals surface area contributed by atoms with Gasteiger partial charge in [-0.15, -0.1) is 0 Å². The van der Waals surface area contributed by atoms with Gasteiger partial charge in [0.15, 0.2) is 0 Å². The van der Waals surface area contributed by atoms with Crippen molar-refractivity contribution in [1.29, 1.82) is 0 Å². The minimum Gasteiger partial charge on any atom is -0.366 e. The monoisotopic (exact) mass is 381 g/mol. The van der Waals surface area contributed by atoms with Gasteiger partial charge in [-0.25, -0.2) is 0 Å². The van der Waals surface area contributed by atoms with Crippen LogP contribution in [0.25, 0.3) is 0 Å². The van der Waals surface area contributed by atoms with Crippen LogP contribution >= 0.6 is 0 Å². The molecule has 28 heavy (non-hydrogen) atoms. The van der Waals surface area contributed by atoms with Crippen molar-refractivity contribution >= 4 is 23.4 Å².